The molecule has 0 spiro atoms. The number of hydrogen-bond donors (Lipinski definition) is 2. The van der Waals surface area contributed by atoms with Gasteiger partial charge >= 0.3 is 18.2 Å². The van der Waals surface area contributed by atoms with Gasteiger partial charge in [0.25, 0.3) is 0 Å². The normalized spacial score (nSPS) is 17.3. The molecule has 1 atom stereocenters. The topological polar surface area (TPSA) is 120 Å². The number of methoxy groups -OCH3 is 1. The van der Waals surface area contributed by atoms with Crippen LogP contribution >= 0.6 is 11.6 Å². The van der Waals surface area contributed by atoms with Gasteiger partial charge < -0.3 is 25.4 Å². The molecule has 5 rings (SSSR count). The molecular formula is C24H24ClF4N7O3. The van der Waals surface area contributed by atoms with E-state index in [2.05, 4.69) is 20.4 Å². The lowest BCUT2D eigenvalue weighted by molar-refractivity contribution is -0.140. The first-order chi connectivity index (χ1) is 18.5. The Hall–Kier alpha value is -3.65. The number of carbonyl (C=O) groups excluding carboxylic acids is 1. The molecule has 0 bridgehead atoms. The zero-order valence-electron chi connectivity index (χ0n) is 20.9. The van der Waals surface area contributed by atoms with Crippen molar-refractivity contribution in [1.82, 2.24) is 25.1 Å². The van der Waals surface area contributed by atoms with E-state index in [4.69, 9.17) is 26.8 Å². The number of nitrogens with one attached hydrogen (secondary N) is 1. The molecule has 0 aliphatic carbocycles. The van der Waals surface area contributed by atoms with Gasteiger partial charge in [0.2, 0.25) is 0 Å². The fourth-order valence-corrected chi connectivity index (χ4v) is 5.18. The second-order valence-corrected chi connectivity index (χ2v) is 9.46. The Morgan fingerprint density at radius 2 is 2.03 bits per heavy atom. The van der Waals surface area contributed by atoms with Crippen LogP contribution in [0.15, 0.2) is 12.1 Å². The molecule has 1 amide bonds. The molecule has 2 aromatic heterocycles. The van der Waals surface area contributed by atoms with Crippen molar-refractivity contribution >= 4 is 29.1 Å². The molecule has 39 heavy (non-hydrogen) atoms. The summed E-state index contributed by atoms with van der Waals surface area (Å²) >= 11 is 6.50. The van der Waals surface area contributed by atoms with Gasteiger partial charge in [-0.3, -0.25) is 0 Å². The molecule has 2 aliphatic heterocycles. The molecule has 0 radical (unpaired) electrons. The summed E-state index contributed by atoms with van der Waals surface area (Å²) in [7, 11) is 2.84. The molecule has 3 aromatic rings. The number of amides is 1. The van der Waals surface area contributed by atoms with Gasteiger partial charge in [0.15, 0.2) is 5.82 Å². The van der Waals surface area contributed by atoms with Crippen LogP contribution in [0, 0.1) is 5.82 Å². The van der Waals surface area contributed by atoms with Crippen LogP contribution in [0.1, 0.15) is 46.2 Å². The Kier molecular flexibility index (Phi) is 7.01. The molecule has 208 valence electrons. The SMILES string of the molecule is CNC(=O)n1nc2c(c1Cl)CN(c1nc(OC)nc3c1COC(c1c(C(F)(F)F)ccc(N)c1F)C3)CCC2. The zero-order chi connectivity index (χ0) is 28.1. The van der Waals surface area contributed by atoms with E-state index in [9.17, 15) is 22.4 Å². The van der Waals surface area contributed by atoms with Gasteiger partial charge in [0.05, 0.1) is 42.5 Å². The first-order valence-electron chi connectivity index (χ1n) is 12.0. The monoisotopic (exact) mass is 569 g/mol. The molecule has 0 saturated heterocycles. The van der Waals surface area contributed by atoms with E-state index >= 15 is 0 Å². The predicted molar refractivity (Wildman–Crippen MR) is 132 cm³/mol. The van der Waals surface area contributed by atoms with Gasteiger partial charge in [-0.2, -0.15) is 32.9 Å². The Balaban J connectivity index is 1.53. The average Bonchev–Trinajstić information content (AvgIpc) is 3.07. The highest BCUT2D eigenvalue weighted by atomic mass is 35.5. The lowest BCUT2D eigenvalue weighted by Gasteiger charge is -2.31. The molecule has 0 saturated carbocycles. The average molecular weight is 570 g/mol. The Morgan fingerprint density at radius 3 is 2.72 bits per heavy atom. The number of aromatic nitrogens is 4. The van der Waals surface area contributed by atoms with Crippen LogP contribution in [-0.4, -0.2) is 46.5 Å². The van der Waals surface area contributed by atoms with Gasteiger partial charge in [-0.25, -0.2) is 9.18 Å². The van der Waals surface area contributed by atoms with Gasteiger partial charge in [-0.15, -0.1) is 0 Å². The van der Waals surface area contributed by atoms with E-state index in [1.165, 1.54) is 14.2 Å². The van der Waals surface area contributed by atoms with E-state index in [1.807, 2.05) is 4.90 Å². The number of nitrogen functional groups attached to an aromatic ring is 1. The fourth-order valence-electron chi connectivity index (χ4n) is 4.90. The number of rotatable bonds is 3. The standard InChI is InChI=1S/C24H24ClF4N7O3/c1-31-23(37)36-20(25)11-9-35(7-3-4-15(11)34-36)21-12-10-39-17(8-16(12)32-22(33-21)38-2)18-13(24(27,28)29)5-6-14(30)19(18)26/h5-6,17H,3-4,7-10,30H2,1-2H3,(H,31,37). The number of anilines is 2. The van der Waals surface area contributed by atoms with Gasteiger partial charge in [0.1, 0.15) is 11.0 Å². The van der Waals surface area contributed by atoms with Crippen LogP contribution < -0.4 is 20.7 Å². The maximum absolute atomic E-state index is 15.0. The van der Waals surface area contributed by atoms with Crippen molar-refractivity contribution in [2.24, 2.45) is 0 Å². The summed E-state index contributed by atoms with van der Waals surface area (Å²) in [6.07, 6.45) is -5.06. The Labute approximate surface area is 225 Å². The molecular weight excluding hydrogens is 546 g/mol. The Morgan fingerprint density at radius 1 is 1.26 bits per heavy atom. The van der Waals surface area contributed by atoms with Crippen molar-refractivity contribution in [3.8, 4) is 6.01 Å². The summed E-state index contributed by atoms with van der Waals surface area (Å²) in [5, 5.41) is 7.00. The van der Waals surface area contributed by atoms with Crippen molar-refractivity contribution in [2.45, 2.75) is 44.7 Å². The number of nitrogens with two attached hydrogens (primary N) is 1. The van der Waals surface area contributed by atoms with E-state index in [-0.39, 0.29) is 30.7 Å². The van der Waals surface area contributed by atoms with Crippen molar-refractivity contribution in [1.29, 1.82) is 0 Å². The van der Waals surface area contributed by atoms with E-state index in [0.717, 1.165) is 16.8 Å². The number of ether oxygens (including phenoxy) is 2. The van der Waals surface area contributed by atoms with Crippen LogP contribution in [0.4, 0.5) is 33.9 Å². The number of fused-ring (bicyclic) bond motifs is 2. The van der Waals surface area contributed by atoms with Crippen LogP contribution in [-0.2, 0) is 36.9 Å². The lowest BCUT2D eigenvalue weighted by Crippen LogP contribution is -2.29. The number of hydrogen-bond acceptors (Lipinski definition) is 8. The summed E-state index contributed by atoms with van der Waals surface area (Å²) in [5.41, 5.74) is 5.58. The van der Waals surface area contributed by atoms with Crippen LogP contribution in [0.3, 0.4) is 0 Å². The number of nitrogens with zero attached hydrogens (tertiary/aromatic N) is 5. The van der Waals surface area contributed by atoms with Crippen LogP contribution in [0.2, 0.25) is 5.15 Å². The van der Waals surface area contributed by atoms with Gasteiger partial charge in [0, 0.05) is 43.2 Å². The second kappa shape index (κ2) is 10.2. The summed E-state index contributed by atoms with van der Waals surface area (Å²) in [6, 6.07) is 1.14. The largest absolute Gasteiger partial charge is 0.467 e. The lowest BCUT2D eigenvalue weighted by atomic mass is 9.94. The van der Waals surface area contributed by atoms with Crippen LogP contribution in [0.25, 0.3) is 0 Å². The minimum Gasteiger partial charge on any atom is -0.467 e. The molecule has 10 nitrogen and oxygen atoms in total. The number of halogens is 5. The maximum Gasteiger partial charge on any atom is 0.416 e. The predicted octanol–water partition coefficient (Wildman–Crippen LogP) is 4.03. The highest BCUT2D eigenvalue weighted by molar-refractivity contribution is 6.31. The third kappa shape index (κ3) is 4.82. The highest BCUT2D eigenvalue weighted by Gasteiger charge is 2.40. The number of aryl methyl sites for hydroxylation is 1. The minimum atomic E-state index is -4.82. The minimum absolute atomic E-state index is 0.00915. The third-order valence-corrected chi connectivity index (χ3v) is 7.17. The fraction of sp³-hybridized carbons (Fsp3) is 0.417. The summed E-state index contributed by atoms with van der Waals surface area (Å²) < 4.78 is 68.4. The zero-order valence-corrected chi connectivity index (χ0v) is 21.7. The van der Waals surface area contributed by atoms with Gasteiger partial charge in [-0.05, 0) is 25.0 Å². The second-order valence-electron chi connectivity index (χ2n) is 9.10. The smallest absolute Gasteiger partial charge is 0.416 e. The van der Waals surface area contributed by atoms with Crippen molar-refractivity contribution < 1.29 is 31.8 Å². The number of benzene rings is 1. The molecule has 3 N–H and O–H groups in total. The molecule has 1 unspecified atom stereocenters. The van der Waals surface area contributed by atoms with E-state index in [0.29, 0.717) is 47.7 Å². The molecule has 0 fully saturated rings. The summed E-state index contributed by atoms with van der Waals surface area (Å²) in [4.78, 5) is 22.9. The van der Waals surface area contributed by atoms with E-state index in [1.54, 1.807) is 0 Å². The number of carbonyl (C=O) groups is 1. The van der Waals surface area contributed by atoms with Crippen LogP contribution in [0.5, 0.6) is 6.01 Å². The number of alkyl halides is 3. The summed E-state index contributed by atoms with van der Waals surface area (Å²) in [6.45, 7) is 0.605. The molecule has 2 aliphatic rings. The van der Waals surface area contributed by atoms with Crippen molar-refractivity contribution in [2.75, 3.05) is 31.3 Å². The van der Waals surface area contributed by atoms with Crippen molar-refractivity contribution in [3.63, 3.8) is 0 Å². The van der Waals surface area contributed by atoms with Crippen molar-refractivity contribution in [3.05, 3.63) is 56.7 Å². The third-order valence-electron chi connectivity index (χ3n) is 6.78. The first-order valence-corrected chi connectivity index (χ1v) is 12.3. The maximum atomic E-state index is 15.0. The highest BCUT2D eigenvalue weighted by Crippen LogP contribution is 2.43. The molecule has 1 aromatic carbocycles. The van der Waals surface area contributed by atoms with E-state index < -0.39 is 40.9 Å². The Bertz CT molecular complexity index is 1450. The molecule has 4 heterocycles. The summed E-state index contributed by atoms with van der Waals surface area (Å²) in [5.74, 6) is -0.738. The molecule has 15 heteroatoms. The van der Waals surface area contributed by atoms with Gasteiger partial charge in [-0.1, -0.05) is 11.6 Å². The first kappa shape index (κ1) is 26.9. The quantitative estimate of drug-likeness (QED) is 0.358.